The molecule has 100 valence electrons. The topological polar surface area (TPSA) is 72.4 Å². The number of para-hydroxylation sites is 1. The van der Waals surface area contributed by atoms with E-state index in [1.54, 1.807) is 42.6 Å². The first-order valence-corrected chi connectivity index (χ1v) is 6.06. The van der Waals surface area contributed by atoms with E-state index in [9.17, 15) is 14.7 Å². The Morgan fingerprint density at radius 2 is 1.90 bits per heavy atom. The molecular formula is C15H11NO4. The van der Waals surface area contributed by atoms with Crippen LogP contribution in [0.2, 0.25) is 0 Å². The Labute approximate surface area is 113 Å². The van der Waals surface area contributed by atoms with Crippen molar-refractivity contribution in [1.29, 1.82) is 0 Å². The summed E-state index contributed by atoms with van der Waals surface area (Å²) in [5, 5.41) is 9.94. The highest BCUT2D eigenvalue weighted by Crippen LogP contribution is 2.26. The van der Waals surface area contributed by atoms with E-state index in [0.717, 1.165) is 0 Å². The van der Waals surface area contributed by atoms with Crippen LogP contribution in [0.25, 0.3) is 11.0 Å². The lowest BCUT2D eigenvalue weighted by atomic mass is 10.1. The summed E-state index contributed by atoms with van der Waals surface area (Å²) in [7, 11) is 0. The highest BCUT2D eigenvalue weighted by atomic mass is 16.4. The zero-order valence-corrected chi connectivity index (χ0v) is 10.4. The molecule has 0 spiro atoms. The van der Waals surface area contributed by atoms with Crippen LogP contribution >= 0.6 is 0 Å². The molecule has 0 aliphatic rings. The fourth-order valence-electron chi connectivity index (χ4n) is 2.19. The first-order chi connectivity index (χ1) is 9.66. The number of aromatic nitrogens is 1. The van der Waals surface area contributed by atoms with Crippen molar-refractivity contribution in [2.24, 2.45) is 0 Å². The Balaban J connectivity index is 2.19. The van der Waals surface area contributed by atoms with Crippen LogP contribution in [0.3, 0.4) is 0 Å². The van der Waals surface area contributed by atoms with E-state index in [1.165, 1.54) is 10.6 Å². The Morgan fingerprint density at radius 1 is 1.15 bits per heavy atom. The van der Waals surface area contributed by atoms with Gasteiger partial charge in [0.05, 0.1) is 6.54 Å². The highest BCUT2D eigenvalue weighted by molar-refractivity contribution is 5.95. The number of carboxylic acid groups (broad SMARTS) is 1. The predicted octanol–water partition coefficient (Wildman–Crippen LogP) is 2.34. The van der Waals surface area contributed by atoms with Gasteiger partial charge in [-0.05, 0) is 12.1 Å². The van der Waals surface area contributed by atoms with Crippen LogP contribution in [0.4, 0.5) is 0 Å². The molecule has 0 saturated heterocycles. The Hall–Kier alpha value is -2.82. The second-order valence-electron chi connectivity index (χ2n) is 4.38. The normalized spacial score (nSPS) is 10.8. The number of hydrogen-bond acceptors (Lipinski definition) is 3. The van der Waals surface area contributed by atoms with E-state index in [2.05, 4.69) is 0 Å². The maximum Gasteiger partial charge on any atom is 0.372 e. The van der Waals surface area contributed by atoms with E-state index in [1.807, 2.05) is 0 Å². The quantitative estimate of drug-likeness (QED) is 0.792. The van der Waals surface area contributed by atoms with Crippen molar-refractivity contribution in [2.45, 2.75) is 6.54 Å². The van der Waals surface area contributed by atoms with Gasteiger partial charge in [-0.3, -0.25) is 4.79 Å². The third kappa shape index (κ3) is 1.99. The average molecular weight is 269 g/mol. The summed E-state index contributed by atoms with van der Waals surface area (Å²) in [6.45, 7) is 0.165. The molecule has 0 unspecified atom stereocenters. The van der Waals surface area contributed by atoms with Crippen LogP contribution in [-0.4, -0.2) is 15.6 Å². The summed E-state index contributed by atoms with van der Waals surface area (Å²) >= 11 is 0. The minimum absolute atomic E-state index is 0.123. The van der Waals surface area contributed by atoms with Gasteiger partial charge in [-0.15, -0.1) is 0 Å². The summed E-state index contributed by atoms with van der Waals surface area (Å²) in [5.41, 5.74) is 0.819. The molecule has 0 bridgehead atoms. The van der Waals surface area contributed by atoms with Crippen LogP contribution in [0.1, 0.15) is 16.1 Å². The number of pyridine rings is 1. The lowest BCUT2D eigenvalue weighted by Gasteiger charge is -2.04. The molecule has 2 heterocycles. The number of aromatic carboxylic acids is 1. The van der Waals surface area contributed by atoms with Crippen molar-refractivity contribution in [3.63, 3.8) is 0 Å². The van der Waals surface area contributed by atoms with E-state index in [0.29, 0.717) is 16.5 Å². The van der Waals surface area contributed by atoms with Crippen LogP contribution in [-0.2, 0) is 6.54 Å². The molecule has 20 heavy (non-hydrogen) atoms. The average Bonchev–Trinajstić information content (AvgIpc) is 2.81. The van der Waals surface area contributed by atoms with Crippen molar-refractivity contribution in [2.75, 3.05) is 0 Å². The fourth-order valence-corrected chi connectivity index (χ4v) is 2.19. The van der Waals surface area contributed by atoms with Gasteiger partial charge in [0, 0.05) is 23.2 Å². The molecule has 0 aliphatic heterocycles. The van der Waals surface area contributed by atoms with Gasteiger partial charge >= 0.3 is 5.97 Å². The smallest absolute Gasteiger partial charge is 0.372 e. The molecule has 0 atom stereocenters. The van der Waals surface area contributed by atoms with Gasteiger partial charge in [0.2, 0.25) is 5.76 Å². The molecule has 0 aliphatic carbocycles. The number of nitrogens with zero attached hydrogens (tertiary/aromatic N) is 1. The van der Waals surface area contributed by atoms with E-state index in [-0.39, 0.29) is 17.9 Å². The first-order valence-electron chi connectivity index (χ1n) is 6.06. The predicted molar refractivity (Wildman–Crippen MR) is 73.0 cm³/mol. The summed E-state index contributed by atoms with van der Waals surface area (Å²) in [6.07, 6.45) is 1.62. The maximum atomic E-state index is 11.7. The molecule has 1 N–H and O–H groups in total. The second-order valence-corrected chi connectivity index (χ2v) is 4.38. The number of benzene rings is 1. The third-order valence-corrected chi connectivity index (χ3v) is 3.12. The van der Waals surface area contributed by atoms with Crippen molar-refractivity contribution >= 4 is 16.9 Å². The zero-order chi connectivity index (χ0) is 14.1. The van der Waals surface area contributed by atoms with Crippen molar-refractivity contribution in [3.05, 3.63) is 70.3 Å². The minimum atomic E-state index is -1.14. The highest BCUT2D eigenvalue weighted by Gasteiger charge is 2.19. The molecule has 0 amide bonds. The monoisotopic (exact) mass is 269 g/mol. The summed E-state index contributed by atoms with van der Waals surface area (Å²) < 4.78 is 6.81. The molecule has 0 radical (unpaired) electrons. The minimum Gasteiger partial charge on any atom is -0.475 e. The van der Waals surface area contributed by atoms with Crippen LogP contribution in [0, 0.1) is 0 Å². The zero-order valence-electron chi connectivity index (χ0n) is 10.4. The lowest BCUT2D eigenvalue weighted by molar-refractivity contribution is 0.0663. The summed E-state index contributed by atoms with van der Waals surface area (Å²) in [4.78, 5) is 23.0. The summed E-state index contributed by atoms with van der Waals surface area (Å²) in [6, 6.07) is 11.9. The SMILES string of the molecule is O=C(O)c1oc2ccccc2c1Cn1ccccc1=O. The maximum absolute atomic E-state index is 11.7. The number of rotatable bonds is 3. The van der Waals surface area contributed by atoms with Gasteiger partial charge in [-0.25, -0.2) is 4.79 Å². The number of carboxylic acids is 1. The van der Waals surface area contributed by atoms with Gasteiger partial charge < -0.3 is 14.1 Å². The van der Waals surface area contributed by atoms with Crippen molar-refractivity contribution < 1.29 is 14.3 Å². The van der Waals surface area contributed by atoms with Crippen LogP contribution in [0.15, 0.2) is 57.9 Å². The Bertz CT molecular complexity index is 844. The van der Waals surface area contributed by atoms with Gasteiger partial charge in [0.1, 0.15) is 5.58 Å². The van der Waals surface area contributed by atoms with Crippen LogP contribution < -0.4 is 5.56 Å². The molecule has 3 rings (SSSR count). The molecule has 3 aromatic rings. The van der Waals surface area contributed by atoms with E-state index >= 15 is 0 Å². The van der Waals surface area contributed by atoms with E-state index < -0.39 is 5.97 Å². The third-order valence-electron chi connectivity index (χ3n) is 3.12. The fraction of sp³-hybridized carbons (Fsp3) is 0.0667. The molecule has 2 aromatic heterocycles. The standard InChI is InChI=1S/C15H11NO4/c17-13-7-3-4-8-16(13)9-11-10-5-1-2-6-12(10)20-14(11)15(18)19/h1-8H,9H2,(H,18,19). The largest absolute Gasteiger partial charge is 0.475 e. The van der Waals surface area contributed by atoms with Gasteiger partial charge in [0.15, 0.2) is 0 Å². The molecule has 5 nitrogen and oxygen atoms in total. The number of carbonyl (C=O) groups is 1. The second kappa shape index (κ2) is 4.70. The first kappa shape index (κ1) is 12.2. The van der Waals surface area contributed by atoms with E-state index in [4.69, 9.17) is 4.42 Å². The Kier molecular flexibility index (Phi) is 2.87. The molecule has 0 saturated carbocycles. The van der Waals surface area contributed by atoms with Crippen molar-refractivity contribution in [1.82, 2.24) is 4.57 Å². The number of fused-ring (bicyclic) bond motifs is 1. The van der Waals surface area contributed by atoms with Gasteiger partial charge in [0.25, 0.3) is 5.56 Å². The molecule has 1 aromatic carbocycles. The molecule has 5 heteroatoms. The van der Waals surface area contributed by atoms with Gasteiger partial charge in [-0.1, -0.05) is 24.3 Å². The van der Waals surface area contributed by atoms with Crippen molar-refractivity contribution in [3.8, 4) is 0 Å². The number of hydrogen-bond donors (Lipinski definition) is 1. The van der Waals surface area contributed by atoms with Crippen LogP contribution in [0.5, 0.6) is 0 Å². The van der Waals surface area contributed by atoms with Gasteiger partial charge in [-0.2, -0.15) is 0 Å². The molecule has 0 fully saturated rings. The summed E-state index contributed by atoms with van der Waals surface area (Å²) in [5.74, 6) is -1.26. The number of furan rings is 1. The molecular weight excluding hydrogens is 258 g/mol. The lowest BCUT2D eigenvalue weighted by Crippen LogP contribution is -2.19. The Morgan fingerprint density at radius 3 is 2.65 bits per heavy atom.